The van der Waals surface area contributed by atoms with Gasteiger partial charge in [0.2, 0.25) is 5.89 Å². The number of hydrogen-bond acceptors (Lipinski definition) is 5. The van der Waals surface area contributed by atoms with Crippen molar-refractivity contribution in [1.29, 1.82) is 0 Å². The fraction of sp³-hybridized carbons (Fsp3) is 0.176. The summed E-state index contributed by atoms with van der Waals surface area (Å²) in [6.07, 6.45) is 1.51. The zero-order valence-corrected chi connectivity index (χ0v) is 16.7. The lowest BCUT2D eigenvalue weighted by Crippen LogP contribution is -2.37. The van der Waals surface area contributed by atoms with Crippen LogP contribution in [0.1, 0.15) is 5.69 Å². The molecule has 3 aromatic heterocycles. The zero-order valence-electron chi connectivity index (χ0n) is 14.3. The largest absolute Gasteiger partial charge is 0.444 e. The van der Waals surface area contributed by atoms with Crippen molar-refractivity contribution in [1.82, 2.24) is 23.7 Å². The topological polar surface area (TPSA) is 87.8 Å². The summed E-state index contributed by atoms with van der Waals surface area (Å²) in [5.74, 6) is 0.390. The van der Waals surface area contributed by atoms with Crippen molar-refractivity contribution in [2.75, 3.05) is 0 Å². The van der Waals surface area contributed by atoms with E-state index in [0.717, 1.165) is 4.57 Å². The van der Waals surface area contributed by atoms with Crippen molar-refractivity contribution in [3.05, 3.63) is 66.8 Å². The molecule has 4 rings (SSSR count). The first-order valence-corrected chi connectivity index (χ1v) is 9.06. The molecule has 0 atom stereocenters. The minimum atomic E-state index is -0.454. The lowest BCUT2D eigenvalue weighted by atomic mass is 10.2. The second-order valence-electron chi connectivity index (χ2n) is 5.97. The van der Waals surface area contributed by atoms with Crippen LogP contribution < -0.4 is 11.2 Å². The van der Waals surface area contributed by atoms with Gasteiger partial charge < -0.3 is 4.42 Å². The Morgan fingerprint density at radius 3 is 2.63 bits per heavy atom. The van der Waals surface area contributed by atoms with Crippen molar-refractivity contribution in [3.8, 4) is 11.5 Å². The lowest BCUT2D eigenvalue weighted by Gasteiger charge is -2.08. The van der Waals surface area contributed by atoms with Gasteiger partial charge in [0, 0.05) is 14.1 Å². The van der Waals surface area contributed by atoms with Crippen LogP contribution >= 0.6 is 27.5 Å². The first-order chi connectivity index (χ1) is 12.9. The molecule has 0 spiro atoms. The van der Waals surface area contributed by atoms with Crippen LogP contribution in [-0.4, -0.2) is 23.7 Å². The van der Waals surface area contributed by atoms with Gasteiger partial charge in [-0.25, -0.2) is 14.8 Å². The minimum Gasteiger partial charge on any atom is -0.444 e. The highest BCUT2D eigenvalue weighted by Crippen LogP contribution is 2.27. The number of hydrogen-bond donors (Lipinski definition) is 0. The molecule has 0 fully saturated rings. The highest BCUT2D eigenvalue weighted by Gasteiger charge is 2.19. The van der Waals surface area contributed by atoms with Crippen LogP contribution in [0.5, 0.6) is 0 Å². The van der Waals surface area contributed by atoms with E-state index < -0.39 is 11.2 Å². The monoisotopic (exact) mass is 449 g/mol. The van der Waals surface area contributed by atoms with Crippen LogP contribution in [0, 0.1) is 0 Å². The lowest BCUT2D eigenvalue weighted by molar-refractivity contribution is 0.571. The Kier molecular flexibility index (Phi) is 4.27. The van der Waals surface area contributed by atoms with Crippen LogP contribution in [0.15, 0.2) is 49.3 Å². The summed E-state index contributed by atoms with van der Waals surface area (Å²) in [5, 5.41) is 0.533. The van der Waals surface area contributed by atoms with Crippen molar-refractivity contribution < 1.29 is 4.42 Å². The van der Waals surface area contributed by atoms with E-state index in [1.54, 1.807) is 17.7 Å². The number of oxazole rings is 1. The maximum Gasteiger partial charge on any atom is 0.332 e. The summed E-state index contributed by atoms with van der Waals surface area (Å²) in [7, 11) is 3.01. The first-order valence-electron chi connectivity index (χ1n) is 7.89. The number of imidazole rings is 1. The smallest absolute Gasteiger partial charge is 0.332 e. The summed E-state index contributed by atoms with van der Waals surface area (Å²) < 4.78 is 10.1. The third kappa shape index (κ3) is 2.83. The van der Waals surface area contributed by atoms with Crippen LogP contribution in [0.4, 0.5) is 0 Å². The minimum absolute atomic E-state index is 0.196. The molecule has 0 aliphatic heterocycles. The molecule has 0 unspecified atom stereocenters. The van der Waals surface area contributed by atoms with Crippen LogP contribution in [-0.2, 0) is 20.6 Å². The van der Waals surface area contributed by atoms with Gasteiger partial charge in [0.25, 0.3) is 5.56 Å². The van der Waals surface area contributed by atoms with E-state index in [2.05, 4.69) is 25.9 Å². The number of fused-ring (bicyclic) bond motifs is 1. The Bertz CT molecular complexity index is 1300. The Labute approximate surface area is 165 Å². The Morgan fingerprint density at radius 1 is 1.15 bits per heavy atom. The van der Waals surface area contributed by atoms with Crippen molar-refractivity contribution >= 4 is 38.7 Å². The molecule has 0 N–H and O–H groups in total. The Balaban J connectivity index is 1.82. The number of aromatic nitrogens is 5. The van der Waals surface area contributed by atoms with Gasteiger partial charge in [-0.1, -0.05) is 23.7 Å². The van der Waals surface area contributed by atoms with Gasteiger partial charge in [0.1, 0.15) is 6.26 Å². The molecule has 3 heterocycles. The normalized spacial score (nSPS) is 11.4. The molecule has 0 amide bonds. The molecule has 0 saturated carbocycles. The number of benzene rings is 1. The molecule has 0 aliphatic rings. The maximum atomic E-state index is 12.4. The fourth-order valence-corrected chi connectivity index (χ4v) is 3.59. The standard InChI is InChI=1S/C17H13BrClN5O3/c1-22-14-12(15(25)23(2)17(22)26)21-16(18)24(14)7-9-8-27-13(20-9)10-5-3-4-6-11(10)19/h3-6,8H,7H2,1-2H3. The Hall–Kier alpha value is -2.65. The molecule has 0 saturated heterocycles. The molecule has 4 aromatic rings. The van der Waals surface area contributed by atoms with E-state index in [-0.39, 0.29) is 12.1 Å². The maximum absolute atomic E-state index is 12.4. The number of aryl methyl sites for hydroxylation is 1. The molecule has 0 radical (unpaired) electrons. The highest BCUT2D eigenvalue weighted by atomic mass is 79.9. The van der Waals surface area contributed by atoms with E-state index in [1.165, 1.54) is 17.9 Å². The summed E-state index contributed by atoms with van der Waals surface area (Å²) in [6.45, 7) is 0.255. The zero-order chi connectivity index (χ0) is 19.3. The van der Waals surface area contributed by atoms with Gasteiger partial charge in [-0.2, -0.15) is 0 Å². The molecular formula is C17H13BrClN5O3. The van der Waals surface area contributed by atoms with Crippen LogP contribution in [0.2, 0.25) is 5.02 Å². The molecule has 8 nitrogen and oxygen atoms in total. The number of halogens is 2. The van der Waals surface area contributed by atoms with E-state index >= 15 is 0 Å². The average Bonchev–Trinajstić information content (AvgIpc) is 3.24. The van der Waals surface area contributed by atoms with E-state index in [9.17, 15) is 9.59 Å². The van der Waals surface area contributed by atoms with Crippen molar-refractivity contribution in [2.45, 2.75) is 6.54 Å². The Morgan fingerprint density at radius 2 is 1.89 bits per heavy atom. The average molecular weight is 451 g/mol. The van der Waals surface area contributed by atoms with Gasteiger partial charge in [0.15, 0.2) is 15.9 Å². The van der Waals surface area contributed by atoms with Gasteiger partial charge in [-0.15, -0.1) is 0 Å². The van der Waals surface area contributed by atoms with Crippen molar-refractivity contribution in [3.63, 3.8) is 0 Å². The summed E-state index contributed by atoms with van der Waals surface area (Å²) >= 11 is 9.54. The molecule has 138 valence electrons. The summed E-state index contributed by atoms with van der Waals surface area (Å²) in [4.78, 5) is 33.3. The van der Waals surface area contributed by atoms with Gasteiger partial charge in [-0.3, -0.25) is 18.5 Å². The van der Waals surface area contributed by atoms with E-state index in [1.807, 2.05) is 18.2 Å². The molecule has 10 heteroatoms. The van der Waals surface area contributed by atoms with E-state index in [0.29, 0.717) is 32.6 Å². The predicted molar refractivity (Wildman–Crippen MR) is 104 cm³/mol. The first kappa shape index (κ1) is 17.7. The third-order valence-corrected chi connectivity index (χ3v) is 5.20. The van der Waals surface area contributed by atoms with Gasteiger partial charge >= 0.3 is 5.69 Å². The second-order valence-corrected chi connectivity index (χ2v) is 7.09. The van der Waals surface area contributed by atoms with Gasteiger partial charge in [0.05, 0.1) is 22.8 Å². The van der Waals surface area contributed by atoms with Crippen LogP contribution in [0.3, 0.4) is 0 Å². The summed E-state index contributed by atoms with van der Waals surface area (Å²) in [5.41, 5.74) is 0.986. The quantitative estimate of drug-likeness (QED) is 0.448. The molecule has 0 bridgehead atoms. The van der Waals surface area contributed by atoms with E-state index in [4.69, 9.17) is 16.0 Å². The summed E-state index contributed by atoms with van der Waals surface area (Å²) in [6, 6.07) is 7.24. The number of rotatable bonds is 3. The molecular weight excluding hydrogens is 438 g/mol. The highest BCUT2D eigenvalue weighted by molar-refractivity contribution is 9.10. The third-order valence-electron chi connectivity index (χ3n) is 4.27. The van der Waals surface area contributed by atoms with Crippen molar-refractivity contribution in [2.24, 2.45) is 14.1 Å². The fourth-order valence-electron chi connectivity index (χ4n) is 2.90. The molecule has 1 aromatic carbocycles. The predicted octanol–water partition coefficient (Wildman–Crippen LogP) is 2.55. The van der Waals surface area contributed by atoms with Gasteiger partial charge in [-0.05, 0) is 28.1 Å². The van der Waals surface area contributed by atoms with Crippen LogP contribution in [0.25, 0.3) is 22.6 Å². The molecule has 0 aliphatic carbocycles. The SMILES string of the molecule is Cn1c(=O)c2nc(Br)n(Cc3coc(-c4ccccc4Cl)n3)c2n(C)c1=O. The molecule has 27 heavy (non-hydrogen) atoms. The number of nitrogens with zero attached hydrogens (tertiary/aromatic N) is 5. The second kappa shape index (κ2) is 6.50.